The number of rotatable bonds is 4. The first-order valence-corrected chi connectivity index (χ1v) is 5.79. The minimum absolute atomic E-state index is 0.0839. The van der Waals surface area contributed by atoms with Gasteiger partial charge in [0.25, 0.3) is 0 Å². The van der Waals surface area contributed by atoms with Crippen molar-refractivity contribution in [1.29, 1.82) is 0 Å². The standard InChI is InChI=1S/C13H17NO2/c15-12-7-4-10-14(12)13(16)9-8-11-5-2-1-3-6-11/h1-3,5-6,13,16H,4,7-10H2. The van der Waals surface area contributed by atoms with E-state index in [1.54, 1.807) is 4.90 Å². The summed E-state index contributed by atoms with van der Waals surface area (Å²) >= 11 is 0. The molecule has 0 aliphatic carbocycles. The molecule has 1 aromatic carbocycles. The number of carbonyl (C=O) groups is 1. The van der Waals surface area contributed by atoms with Crippen molar-refractivity contribution in [3.63, 3.8) is 0 Å². The SMILES string of the molecule is O=C1CCCN1C(O)CCc1ccccc1. The third kappa shape index (κ3) is 2.61. The summed E-state index contributed by atoms with van der Waals surface area (Å²) in [6.07, 6.45) is 2.28. The second-order valence-corrected chi connectivity index (χ2v) is 4.20. The van der Waals surface area contributed by atoms with E-state index in [4.69, 9.17) is 0 Å². The quantitative estimate of drug-likeness (QED) is 0.834. The Balaban J connectivity index is 1.84. The van der Waals surface area contributed by atoms with Crippen molar-refractivity contribution < 1.29 is 9.90 Å². The number of hydrogen-bond acceptors (Lipinski definition) is 2. The molecular formula is C13H17NO2. The Morgan fingerprint density at radius 2 is 2.06 bits per heavy atom. The molecule has 2 rings (SSSR count). The normalized spacial score (nSPS) is 17.8. The highest BCUT2D eigenvalue weighted by molar-refractivity contribution is 5.78. The van der Waals surface area contributed by atoms with E-state index >= 15 is 0 Å². The van der Waals surface area contributed by atoms with Gasteiger partial charge in [0, 0.05) is 13.0 Å². The van der Waals surface area contributed by atoms with E-state index in [-0.39, 0.29) is 5.91 Å². The van der Waals surface area contributed by atoms with Crippen molar-refractivity contribution in [2.45, 2.75) is 31.9 Å². The van der Waals surface area contributed by atoms with E-state index in [9.17, 15) is 9.90 Å². The van der Waals surface area contributed by atoms with Gasteiger partial charge in [0.05, 0.1) is 0 Å². The van der Waals surface area contributed by atoms with Gasteiger partial charge in [-0.1, -0.05) is 30.3 Å². The van der Waals surface area contributed by atoms with E-state index in [0.29, 0.717) is 19.4 Å². The fraction of sp³-hybridized carbons (Fsp3) is 0.462. The van der Waals surface area contributed by atoms with Gasteiger partial charge in [0.2, 0.25) is 5.91 Å². The van der Waals surface area contributed by atoms with E-state index < -0.39 is 6.23 Å². The predicted molar refractivity (Wildman–Crippen MR) is 61.7 cm³/mol. The van der Waals surface area contributed by atoms with Crippen LogP contribution < -0.4 is 0 Å². The first kappa shape index (κ1) is 11.1. The third-order valence-corrected chi connectivity index (χ3v) is 3.00. The summed E-state index contributed by atoms with van der Waals surface area (Å²) in [5.41, 5.74) is 1.20. The topological polar surface area (TPSA) is 40.5 Å². The molecule has 1 N–H and O–H groups in total. The zero-order valence-electron chi connectivity index (χ0n) is 9.30. The average Bonchev–Trinajstić information content (AvgIpc) is 2.74. The highest BCUT2D eigenvalue weighted by Crippen LogP contribution is 2.15. The number of aliphatic hydroxyl groups is 1. The lowest BCUT2D eigenvalue weighted by atomic mass is 10.1. The monoisotopic (exact) mass is 219 g/mol. The molecule has 0 radical (unpaired) electrons. The maximum Gasteiger partial charge on any atom is 0.224 e. The number of aryl methyl sites for hydroxylation is 1. The molecule has 86 valence electrons. The molecule has 0 aromatic heterocycles. The van der Waals surface area contributed by atoms with Crippen LogP contribution in [0, 0.1) is 0 Å². The molecule has 1 aliphatic heterocycles. The van der Waals surface area contributed by atoms with Crippen LogP contribution in [0.5, 0.6) is 0 Å². The number of amides is 1. The van der Waals surface area contributed by atoms with Gasteiger partial charge >= 0.3 is 0 Å². The molecule has 0 bridgehead atoms. The third-order valence-electron chi connectivity index (χ3n) is 3.00. The Kier molecular flexibility index (Phi) is 3.57. The molecule has 1 fully saturated rings. The summed E-state index contributed by atoms with van der Waals surface area (Å²) in [6.45, 7) is 0.703. The van der Waals surface area contributed by atoms with Crippen molar-refractivity contribution in [2.75, 3.05) is 6.54 Å². The second kappa shape index (κ2) is 5.12. The van der Waals surface area contributed by atoms with Gasteiger partial charge in [-0.2, -0.15) is 0 Å². The van der Waals surface area contributed by atoms with Crippen molar-refractivity contribution >= 4 is 5.91 Å². The zero-order valence-corrected chi connectivity index (χ0v) is 9.30. The number of nitrogens with zero attached hydrogens (tertiary/aromatic N) is 1. The fourth-order valence-corrected chi connectivity index (χ4v) is 2.08. The van der Waals surface area contributed by atoms with Crippen LogP contribution in [-0.2, 0) is 11.2 Å². The van der Waals surface area contributed by atoms with E-state index in [1.807, 2.05) is 30.3 Å². The number of benzene rings is 1. The Bertz CT molecular complexity index is 350. The van der Waals surface area contributed by atoms with Crippen molar-refractivity contribution in [3.05, 3.63) is 35.9 Å². The second-order valence-electron chi connectivity index (χ2n) is 4.20. The minimum atomic E-state index is -0.616. The van der Waals surface area contributed by atoms with Gasteiger partial charge in [-0.25, -0.2) is 0 Å². The molecule has 1 aromatic rings. The van der Waals surface area contributed by atoms with Gasteiger partial charge < -0.3 is 10.0 Å². The molecular weight excluding hydrogens is 202 g/mol. The van der Waals surface area contributed by atoms with Crippen LogP contribution in [0.25, 0.3) is 0 Å². The molecule has 3 nitrogen and oxygen atoms in total. The molecule has 16 heavy (non-hydrogen) atoms. The Morgan fingerprint density at radius 3 is 2.69 bits per heavy atom. The lowest BCUT2D eigenvalue weighted by Crippen LogP contribution is -2.36. The van der Waals surface area contributed by atoms with Crippen molar-refractivity contribution in [3.8, 4) is 0 Å². The summed E-state index contributed by atoms with van der Waals surface area (Å²) in [5, 5.41) is 9.89. The van der Waals surface area contributed by atoms with E-state index in [1.165, 1.54) is 5.56 Å². The van der Waals surface area contributed by atoms with E-state index in [2.05, 4.69) is 0 Å². The largest absolute Gasteiger partial charge is 0.374 e. The summed E-state index contributed by atoms with van der Waals surface area (Å²) in [4.78, 5) is 13.0. The first-order chi connectivity index (χ1) is 7.77. The first-order valence-electron chi connectivity index (χ1n) is 5.79. The number of hydrogen-bond donors (Lipinski definition) is 1. The van der Waals surface area contributed by atoms with Gasteiger partial charge in [-0.05, 0) is 24.8 Å². The van der Waals surface area contributed by atoms with Crippen LogP contribution in [-0.4, -0.2) is 28.7 Å². The molecule has 1 amide bonds. The Labute approximate surface area is 95.7 Å². The Morgan fingerprint density at radius 1 is 1.31 bits per heavy atom. The fourth-order valence-electron chi connectivity index (χ4n) is 2.08. The maximum atomic E-state index is 11.4. The molecule has 1 saturated heterocycles. The van der Waals surface area contributed by atoms with Crippen molar-refractivity contribution in [2.24, 2.45) is 0 Å². The average molecular weight is 219 g/mol. The Hall–Kier alpha value is -1.35. The molecule has 1 atom stereocenters. The molecule has 3 heteroatoms. The van der Waals surface area contributed by atoms with Gasteiger partial charge in [-0.3, -0.25) is 4.79 Å². The molecule has 0 spiro atoms. The van der Waals surface area contributed by atoms with Gasteiger partial charge in [-0.15, -0.1) is 0 Å². The highest BCUT2D eigenvalue weighted by atomic mass is 16.3. The van der Waals surface area contributed by atoms with E-state index in [0.717, 1.165) is 12.8 Å². The molecule has 1 heterocycles. The van der Waals surface area contributed by atoms with Crippen molar-refractivity contribution in [1.82, 2.24) is 4.90 Å². The van der Waals surface area contributed by atoms with Crippen LogP contribution in [0.3, 0.4) is 0 Å². The number of likely N-dealkylation sites (tertiary alicyclic amines) is 1. The summed E-state index contributed by atoms with van der Waals surface area (Å²) in [6, 6.07) is 10.0. The smallest absolute Gasteiger partial charge is 0.224 e. The van der Waals surface area contributed by atoms with Crippen LogP contribution in [0.4, 0.5) is 0 Å². The lowest BCUT2D eigenvalue weighted by molar-refractivity contribution is -0.136. The van der Waals surface area contributed by atoms with Crippen LogP contribution in [0.1, 0.15) is 24.8 Å². The zero-order chi connectivity index (χ0) is 11.4. The van der Waals surface area contributed by atoms with Crippen LogP contribution in [0.2, 0.25) is 0 Å². The predicted octanol–water partition coefficient (Wildman–Crippen LogP) is 1.56. The minimum Gasteiger partial charge on any atom is -0.374 e. The summed E-state index contributed by atoms with van der Waals surface area (Å²) in [7, 11) is 0. The number of carbonyl (C=O) groups excluding carboxylic acids is 1. The molecule has 1 unspecified atom stereocenters. The highest BCUT2D eigenvalue weighted by Gasteiger charge is 2.25. The maximum absolute atomic E-state index is 11.4. The van der Waals surface area contributed by atoms with Gasteiger partial charge in [0.1, 0.15) is 6.23 Å². The van der Waals surface area contributed by atoms with Gasteiger partial charge in [0.15, 0.2) is 0 Å². The van der Waals surface area contributed by atoms with Crippen LogP contribution in [0.15, 0.2) is 30.3 Å². The molecule has 1 aliphatic rings. The van der Waals surface area contributed by atoms with Crippen LogP contribution >= 0.6 is 0 Å². The lowest BCUT2D eigenvalue weighted by Gasteiger charge is -2.22. The number of aliphatic hydroxyl groups excluding tert-OH is 1. The molecule has 0 saturated carbocycles. The summed E-state index contributed by atoms with van der Waals surface area (Å²) in [5.74, 6) is 0.0839. The summed E-state index contributed by atoms with van der Waals surface area (Å²) < 4.78 is 0.